The van der Waals surface area contributed by atoms with E-state index in [1.807, 2.05) is 0 Å². The number of rotatable bonds is 5. The number of benzene rings is 1. The van der Waals surface area contributed by atoms with Gasteiger partial charge in [0.1, 0.15) is 11.6 Å². The number of hydrogen-bond donors (Lipinski definition) is 1. The highest BCUT2D eigenvalue weighted by Crippen LogP contribution is 2.34. The molecular formula is C18H26F2N2O. The van der Waals surface area contributed by atoms with E-state index in [2.05, 4.69) is 9.80 Å². The Bertz CT molecular complexity index is 520. The fraction of sp³-hybridized carbons (Fsp3) is 0.667. The summed E-state index contributed by atoms with van der Waals surface area (Å²) in [6, 6.07) is 3.38. The molecule has 2 saturated heterocycles. The van der Waals surface area contributed by atoms with Crippen molar-refractivity contribution in [3.8, 4) is 0 Å². The van der Waals surface area contributed by atoms with Gasteiger partial charge >= 0.3 is 0 Å². The van der Waals surface area contributed by atoms with Gasteiger partial charge in [-0.15, -0.1) is 0 Å². The van der Waals surface area contributed by atoms with Crippen molar-refractivity contribution in [1.29, 1.82) is 0 Å². The Morgan fingerprint density at radius 1 is 1.09 bits per heavy atom. The first-order chi connectivity index (χ1) is 11.1. The van der Waals surface area contributed by atoms with E-state index in [1.165, 1.54) is 44.5 Å². The van der Waals surface area contributed by atoms with Gasteiger partial charge in [0.2, 0.25) is 0 Å². The van der Waals surface area contributed by atoms with E-state index in [9.17, 15) is 13.9 Å². The lowest BCUT2D eigenvalue weighted by atomic mass is 10.0. The Kier molecular flexibility index (Phi) is 5.62. The first-order valence-corrected chi connectivity index (χ1v) is 8.73. The predicted molar refractivity (Wildman–Crippen MR) is 86.2 cm³/mol. The van der Waals surface area contributed by atoms with Crippen LogP contribution in [0.5, 0.6) is 0 Å². The third-order valence-corrected chi connectivity index (χ3v) is 5.07. The molecule has 0 radical (unpaired) electrons. The summed E-state index contributed by atoms with van der Waals surface area (Å²) in [5.74, 6) is -0.803. The largest absolute Gasteiger partial charge is 0.392 e. The number of halogens is 2. The van der Waals surface area contributed by atoms with E-state index >= 15 is 0 Å². The molecule has 1 aromatic carbocycles. The fourth-order valence-corrected chi connectivity index (χ4v) is 3.90. The number of hydrogen-bond acceptors (Lipinski definition) is 3. The molecule has 2 atom stereocenters. The maximum Gasteiger partial charge on any atom is 0.128 e. The molecule has 2 aliphatic heterocycles. The summed E-state index contributed by atoms with van der Waals surface area (Å²) in [7, 11) is 0. The number of aliphatic hydroxyl groups excluding tert-OH is 1. The minimum absolute atomic E-state index is 0.220. The van der Waals surface area contributed by atoms with Crippen LogP contribution in [0, 0.1) is 11.6 Å². The van der Waals surface area contributed by atoms with Gasteiger partial charge in [0.05, 0.1) is 6.10 Å². The second-order valence-corrected chi connectivity index (χ2v) is 6.82. The second kappa shape index (κ2) is 7.69. The van der Waals surface area contributed by atoms with Gasteiger partial charge in [-0.3, -0.25) is 4.90 Å². The van der Waals surface area contributed by atoms with Crippen LogP contribution < -0.4 is 0 Å². The van der Waals surface area contributed by atoms with Crippen molar-refractivity contribution in [1.82, 2.24) is 9.80 Å². The zero-order valence-corrected chi connectivity index (χ0v) is 13.6. The van der Waals surface area contributed by atoms with Crippen molar-refractivity contribution >= 4 is 0 Å². The molecule has 0 unspecified atom stereocenters. The van der Waals surface area contributed by atoms with Crippen LogP contribution in [-0.4, -0.2) is 53.7 Å². The van der Waals surface area contributed by atoms with Crippen molar-refractivity contribution in [2.24, 2.45) is 0 Å². The molecule has 5 heteroatoms. The minimum atomic E-state index is -0.461. The summed E-state index contributed by atoms with van der Waals surface area (Å²) in [6.45, 7) is 4.74. The average Bonchev–Trinajstić information content (AvgIpc) is 2.91. The Labute approximate surface area is 136 Å². The lowest BCUT2D eigenvalue weighted by molar-refractivity contribution is 0.166. The Morgan fingerprint density at radius 3 is 2.65 bits per heavy atom. The number of β-amino-alcohol motifs (C(OH)–C–C–N with tert-alkyl or cyclic N) is 1. The lowest BCUT2D eigenvalue weighted by Crippen LogP contribution is -2.33. The minimum Gasteiger partial charge on any atom is -0.392 e. The molecule has 0 bridgehead atoms. The normalized spacial score (nSPS) is 26.7. The number of piperidine rings is 1. The molecule has 1 aromatic rings. The van der Waals surface area contributed by atoms with Gasteiger partial charge < -0.3 is 10.0 Å². The molecule has 23 heavy (non-hydrogen) atoms. The van der Waals surface area contributed by atoms with Crippen LogP contribution in [-0.2, 0) is 0 Å². The average molecular weight is 324 g/mol. The molecule has 3 rings (SSSR count). The summed E-state index contributed by atoms with van der Waals surface area (Å²) >= 11 is 0. The first kappa shape index (κ1) is 16.8. The SMILES string of the molecule is O[C@H]1C[C@@H](c2cc(F)ccc2F)N(CCCN2CCCCC2)C1. The Hall–Kier alpha value is -1.04. The molecule has 2 fully saturated rings. The topological polar surface area (TPSA) is 26.7 Å². The summed E-state index contributed by atoms with van der Waals surface area (Å²) < 4.78 is 27.5. The smallest absolute Gasteiger partial charge is 0.128 e. The van der Waals surface area contributed by atoms with Crippen LogP contribution in [0.2, 0.25) is 0 Å². The van der Waals surface area contributed by atoms with Crippen LogP contribution in [0.25, 0.3) is 0 Å². The standard InChI is InChI=1S/C18H26F2N2O/c19-14-5-6-17(20)16(11-14)18-12-15(23)13-22(18)10-4-9-21-7-2-1-3-8-21/h5-6,11,15,18,23H,1-4,7-10,12-13H2/t15-,18-/m0/s1. The molecule has 2 heterocycles. The molecule has 0 spiro atoms. The van der Waals surface area contributed by atoms with Crippen LogP contribution >= 0.6 is 0 Å². The third kappa shape index (κ3) is 4.28. The van der Waals surface area contributed by atoms with Crippen LogP contribution in [0.4, 0.5) is 8.78 Å². The molecule has 0 aliphatic carbocycles. The number of likely N-dealkylation sites (tertiary alicyclic amines) is 2. The summed E-state index contributed by atoms with van der Waals surface area (Å²) in [5, 5.41) is 9.97. The van der Waals surface area contributed by atoms with Gasteiger partial charge in [-0.1, -0.05) is 6.42 Å². The molecule has 128 valence electrons. The summed E-state index contributed by atoms with van der Waals surface area (Å²) in [5.41, 5.74) is 0.375. The molecule has 2 aliphatic rings. The van der Waals surface area contributed by atoms with E-state index in [-0.39, 0.29) is 11.9 Å². The third-order valence-electron chi connectivity index (χ3n) is 5.07. The molecule has 0 amide bonds. The second-order valence-electron chi connectivity index (χ2n) is 6.82. The number of nitrogens with zero attached hydrogens (tertiary/aromatic N) is 2. The maximum atomic E-state index is 14.1. The quantitative estimate of drug-likeness (QED) is 0.902. The first-order valence-electron chi connectivity index (χ1n) is 8.73. The zero-order chi connectivity index (χ0) is 16.2. The van der Waals surface area contributed by atoms with E-state index in [0.29, 0.717) is 18.5 Å². The van der Waals surface area contributed by atoms with Crippen LogP contribution in [0.3, 0.4) is 0 Å². The molecule has 1 N–H and O–H groups in total. The lowest BCUT2D eigenvalue weighted by Gasteiger charge is -2.29. The van der Waals surface area contributed by atoms with Gasteiger partial charge in [0, 0.05) is 24.7 Å². The summed E-state index contributed by atoms with van der Waals surface area (Å²) in [4.78, 5) is 4.58. The van der Waals surface area contributed by atoms with E-state index in [0.717, 1.165) is 25.6 Å². The van der Waals surface area contributed by atoms with Crippen molar-refractivity contribution < 1.29 is 13.9 Å². The van der Waals surface area contributed by atoms with E-state index in [1.54, 1.807) is 0 Å². The van der Waals surface area contributed by atoms with Crippen molar-refractivity contribution in [2.45, 2.75) is 44.2 Å². The Morgan fingerprint density at radius 2 is 1.87 bits per heavy atom. The van der Waals surface area contributed by atoms with E-state index < -0.39 is 11.9 Å². The van der Waals surface area contributed by atoms with Gasteiger partial charge in [0.25, 0.3) is 0 Å². The molecular weight excluding hydrogens is 298 g/mol. The Balaban J connectivity index is 1.59. The maximum absolute atomic E-state index is 14.1. The van der Waals surface area contributed by atoms with Gasteiger partial charge in [-0.25, -0.2) is 8.78 Å². The van der Waals surface area contributed by atoms with Crippen molar-refractivity contribution in [3.05, 3.63) is 35.4 Å². The monoisotopic (exact) mass is 324 g/mol. The molecule has 0 aromatic heterocycles. The molecule has 0 saturated carbocycles. The van der Waals surface area contributed by atoms with Gasteiger partial charge in [0.15, 0.2) is 0 Å². The van der Waals surface area contributed by atoms with Crippen molar-refractivity contribution in [2.75, 3.05) is 32.7 Å². The fourth-order valence-electron chi connectivity index (χ4n) is 3.90. The highest BCUT2D eigenvalue weighted by Gasteiger charge is 2.33. The van der Waals surface area contributed by atoms with Gasteiger partial charge in [-0.2, -0.15) is 0 Å². The van der Waals surface area contributed by atoms with Crippen molar-refractivity contribution in [3.63, 3.8) is 0 Å². The number of aliphatic hydroxyl groups is 1. The van der Waals surface area contributed by atoms with Crippen LogP contribution in [0.15, 0.2) is 18.2 Å². The summed E-state index contributed by atoms with van der Waals surface area (Å²) in [6.07, 6.45) is 4.90. The van der Waals surface area contributed by atoms with E-state index in [4.69, 9.17) is 0 Å². The molecule has 3 nitrogen and oxygen atoms in total. The highest BCUT2D eigenvalue weighted by molar-refractivity contribution is 5.23. The highest BCUT2D eigenvalue weighted by atomic mass is 19.1. The van der Waals surface area contributed by atoms with Gasteiger partial charge in [-0.05, 0) is 63.5 Å². The predicted octanol–water partition coefficient (Wildman–Crippen LogP) is 2.95. The van der Waals surface area contributed by atoms with Crippen LogP contribution in [0.1, 0.15) is 43.7 Å². The zero-order valence-electron chi connectivity index (χ0n) is 13.6.